The van der Waals surface area contributed by atoms with Crippen molar-refractivity contribution in [2.75, 3.05) is 13.1 Å². The van der Waals surface area contributed by atoms with Crippen LogP contribution in [0.3, 0.4) is 0 Å². The zero-order valence-corrected chi connectivity index (χ0v) is 9.65. The van der Waals surface area contributed by atoms with E-state index in [4.69, 9.17) is 0 Å². The van der Waals surface area contributed by atoms with Gasteiger partial charge in [0, 0.05) is 31.0 Å². The smallest absolute Gasteiger partial charge is 0.338 e. The van der Waals surface area contributed by atoms with E-state index < -0.39 is 12.1 Å². The fourth-order valence-corrected chi connectivity index (χ4v) is 2.11. The monoisotopic (exact) mass is 258 g/mol. The molecular formula is C12H13F3N2O. The van der Waals surface area contributed by atoms with Crippen LogP contribution in [0.4, 0.5) is 13.2 Å². The predicted molar refractivity (Wildman–Crippen MR) is 58.9 cm³/mol. The molecular weight excluding hydrogens is 245 g/mol. The quantitative estimate of drug-likeness (QED) is 0.775. The van der Waals surface area contributed by atoms with Gasteiger partial charge in [0.1, 0.15) is 0 Å². The third kappa shape index (κ3) is 2.80. The summed E-state index contributed by atoms with van der Waals surface area (Å²) in [5.41, 5.74) is 0.382. The number of amides is 1. The second kappa shape index (κ2) is 4.96. The maximum Gasteiger partial charge on any atom is 0.393 e. The number of aromatic nitrogens is 1. The van der Waals surface area contributed by atoms with Gasteiger partial charge in [-0.1, -0.05) is 0 Å². The van der Waals surface area contributed by atoms with Crippen LogP contribution >= 0.6 is 0 Å². The lowest BCUT2D eigenvalue weighted by Gasteiger charge is -2.33. The van der Waals surface area contributed by atoms with E-state index in [1.807, 2.05) is 0 Å². The van der Waals surface area contributed by atoms with E-state index in [1.54, 1.807) is 0 Å². The average Bonchev–Trinajstić information content (AvgIpc) is 2.38. The molecule has 1 aromatic rings. The number of rotatable bonds is 1. The Balaban J connectivity index is 2.08. The topological polar surface area (TPSA) is 33.2 Å². The molecule has 0 bridgehead atoms. The highest BCUT2D eigenvalue weighted by Gasteiger charge is 2.42. The minimum atomic E-state index is -4.23. The van der Waals surface area contributed by atoms with Gasteiger partial charge < -0.3 is 4.90 Å². The third-order valence-electron chi connectivity index (χ3n) is 3.10. The molecule has 6 heteroatoms. The lowest BCUT2D eigenvalue weighted by atomic mass is 9.97. The van der Waals surface area contributed by atoms with Gasteiger partial charge in [0.15, 0.2) is 0 Å². The number of pyridine rings is 1. The molecule has 1 aliphatic rings. The van der Waals surface area contributed by atoms with Gasteiger partial charge in [0.05, 0.1) is 5.92 Å². The van der Waals surface area contributed by atoms with E-state index in [1.165, 1.54) is 29.4 Å². The van der Waals surface area contributed by atoms with Crippen molar-refractivity contribution in [2.45, 2.75) is 19.0 Å². The summed E-state index contributed by atoms with van der Waals surface area (Å²) in [5.74, 6) is -1.76. The van der Waals surface area contributed by atoms with Crippen molar-refractivity contribution < 1.29 is 18.0 Å². The number of likely N-dealkylation sites (tertiary alicyclic amines) is 1. The fraction of sp³-hybridized carbons (Fsp3) is 0.500. The molecule has 0 N–H and O–H groups in total. The Morgan fingerprint density at radius 1 is 1.33 bits per heavy atom. The van der Waals surface area contributed by atoms with Gasteiger partial charge in [0.2, 0.25) is 0 Å². The summed E-state index contributed by atoms with van der Waals surface area (Å²) in [6.07, 6.45) is -0.821. The van der Waals surface area contributed by atoms with Crippen LogP contribution in [-0.4, -0.2) is 35.1 Å². The largest absolute Gasteiger partial charge is 0.393 e. The van der Waals surface area contributed by atoms with Gasteiger partial charge in [-0.25, -0.2) is 0 Å². The van der Waals surface area contributed by atoms with Crippen molar-refractivity contribution in [1.82, 2.24) is 9.88 Å². The Kier molecular flexibility index (Phi) is 3.54. The van der Waals surface area contributed by atoms with Gasteiger partial charge in [0.25, 0.3) is 5.91 Å². The zero-order chi connectivity index (χ0) is 13.2. The minimum Gasteiger partial charge on any atom is -0.338 e. The SMILES string of the molecule is O=C(c1ccncc1)N1CCCC(C(F)(F)F)C1. The van der Waals surface area contributed by atoms with Crippen LogP contribution in [-0.2, 0) is 0 Å². The number of piperidine rings is 1. The summed E-state index contributed by atoms with van der Waals surface area (Å²) in [5, 5.41) is 0. The molecule has 1 unspecified atom stereocenters. The van der Waals surface area contributed by atoms with Crippen molar-refractivity contribution in [2.24, 2.45) is 5.92 Å². The van der Waals surface area contributed by atoms with Crippen LogP contribution in [0.5, 0.6) is 0 Å². The second-order valence-corrected chi connectivity index (χ2v) is 4.37. The number of alkyl halides is 3. The predicted octanol–water partition coefficient (Wildman–Crippen LogP) is 2.50. The molecule has 1 atom stereocenters. The molecule has 1 aromatic heterocycles. The summed E-state index contributed by atoms with van der Waals surface area (Å²) in [6.45, 7) is 0.137. The highest BCUT2D eigenvalue weighted by atomic mass is 19.4. The molecule has 1 fully saturated rings. The average molecular weight is 258 g/mol. The first-order valence-electron chi connectivity index (χ1n) is 5.74. The Morgan fingerprint density at radius 2 is 2.00 bits per heavy atom. The minimum absolute atomic E-state index is 0.101. The van der Waals surface area contributed by atoms with E-state index in [2.05, 4.69) is 4.98 Å². The maximum absolute atomic E-state index is 12.6. The number of carbonyl (C=O) groups excluding carboxylic acids is 1. The molecule has 1 amide bonds. The van der Waals surface area contributed by atoms with Crippen molar-refractivity contribution in [1.29, 1.82) is 0 Å². The van der Waals surface area contributed by atoms with Crippen molar-refractivity contribution in [3.63, 3.8) is 0 Å². The molecule has 1 aliphatic heterocycles. The molecule has 0 radical (unpaired) electrons. The molecule has 0 aliphatic carbocycles. The number of carbonyl (C=O) groups is 1. The first kappa shape index (κ1) is 12.9. The Hall–Kier alpha value is -1.59. The van der Waals surface area contributed by atoms with Gasteiger partial charge >= 0.3 is 6.18 Å². The highest BCUT2D eigenvalue weighted by molar-refractivity contribution is 5.94. The van der Waals surface area contributed by atoms with Gasteiger partial charge in [-0.15, -0.1) is 0 Å². The standard InChI is InChI=1S/C12H13F3N2O/c13-12(14,15)10-2-1-7-17(8-10)11(18)9-3-5-16-6-4-9/h3-6,10H,1-2,7-8H2. The van der Waals surface area contributed by atoms with E-state index in [-0.39, 0.29) is 18.9 Å². The molecule has 18 heavy (non-hydrogen) atoms. The van der Waals surface area contributed by atoms with Gasteiger partial charge in [-0.3, -0.25) is 9.78 Å². The van der Waals surface area contributed by atoms with E-state index in [0.717, 1.165) is 0 Å². The normalized spacial score (nSPS) is 20.8. The zero-order valence-electron chi connectivity index (χ0n) is 9.65. The molecule has 3 nitrogen and oxygen atoms in total. The maximum atomic E-state index is 12.6. The van der Waals surface area contributed by atoms with Crippen LogP contribution in [0.1, 0.15) is 23.2 Å². The Bertz CT molecular complexity index is 419. The number of hydrogen-bond donors (Lipinski definition) is 0. The molecule has 98 valence electrons. The van der Waals surface area contributed by atoms with E-state index >= 15 is 0 Å². The van der Waals surface area contributed by atoms with Crippen LogP contribution in [0.25, 0.3) is 0 Å². The molecule has 2 heterocycles. The summed E-state index contributed by atoms with van der Waals surface area (Å²) in [6, 6.07) is 3.03. The first-order chi connectivity index (χ1) is 8.48. The fourth-order valence-electron chi connectivity index (χ4n) is 2.11. The lowest BCUT2D eigenvalue weighted by molar-refractivity contribution is -0.184. The summed E-state index contributed by atoms with van der Waals surface area (Å²) in [4.78, 5) is 17.1. The van der Waals surface area contributed by atoms with Crippen LogP contribution in [0, 0.1) is 5.92 Å². The van der Waals surface area contributed by atoms with Gasteiger partial charge in [-0.2, -0.15) is 13.2 Å². The van der Waals surface area contributed by atoms with Crippen LogP contribution in [0.15, 0.2) is 24.5 Å². The van der Waals surface area contributed by atoms with Crippen LogP contribution in [0.2, 0.25) is 0 Å². The summed E-state index contributed by atoms with van der Waals surface area (Å²) < 4.78 is 37.9. The number of nitrogens with zero attached hydrogens (tertiary/aromatic N) is 2. The van der Waals surface area contributed by atoms with Gasteiger partial charge in [-0.05, 0) is 25.0 Å². The second-order valence-electron chi connectivity index (χ2n) is 4.37. The van der Waals surface area contributed by atoms with E-state index in [0.29, 0.717) is 18.5 Å². The lowest BCUT2D eigenvalue weighted by Crippen LogP contribution is -2.44. The van der Waals surface area contributed by atoms with Crippen molar-refractivity contribution in [3.05, 3.63) is 30.1 Å². The first-order valence-corrected chi connectivity index (χ1v) is 5.74. The molecule has 0 spiro atoms. The highest BCUT2D eigenvalue weighted by Crippen LogP contribution is 2.33. The Morgan fingerprint density at radius 3 is 2.61 bits per heavy atom. The number of hydrogen-bond acceptors (Lipinski definition) is 2. The van der Waals surface area contributed by atoms with Crippen molar-refractivity contribution in [3.8, 4) is 0 Å². The Labute approximate surface area is 103 Å². The summed E-state index contributed by atoms with van der Waals surface area (Å²) in [7, 11) is 0. The van der Waals surface area contributed by atoms with Crippen LogP contribution < -0.4 is 0 Å². The molecule has 1 saturated heterocycles. The molecule has 2 rings (SSSR count). The van der Waals surface area contributed by atoms with Crippen molar-refractivity contribution >= 4 is 5.91 Å². The molecule has 0 saturated carbocycles. The van der Waals surface area contributed by atoms with E-state index in [9.17, 15) is 18.0 Å². The number of halogens is 3. The molecule has 0 aromatic carbocycles. The third-order valence-corrected chi connectivity index (χ3v) is 3.10. The summed E-state index contributed by atoms with van der Waals surface area (Å²) >= 11 is 0.